The van der Waals surface area contributed by atoms with E-state index in [-0.39, 0.29) is 30.3 Å². The van der Waals surface area contributed by atoms with E-state index in [2.05, 4.69) is 16.8 Å². The van der Waals surface area contributed by atoms with Gasteiger partial charge in [-0.2, -0.15) is 11.3 Å². The van der Waals surface area contributed by atoms with E-state index >= 15 is 0 Å². The number of hydrogen-bond donors (Lipinski definition) is 2. The highest BCUT2D eigenvalue weighted by atomic mass is 32.1. The van der Waals surface area contributed by atoms with Gasteiger partial charge in [-0.15, -0.1) is 0 Å². The SMILES string of the molecule is C[C@@H]1CN(C(=O)NCCCC(C)(C)CO)C[C@@H](c2ccsc2)O1. The molecular weight excluding hydrogens is 312 g/mol. The molecule has 6 heteroatoms. The molecule has 130 valence electrons. The third-order valence-corrected chi connectivity index (χ3v) is 4.90. The van der Waals surface area contributed by atoms with Crippen LogP contribution in [-0.4, -0.2) is 48.4 Å². The van der Waals surface area contributed by atoms with E-state index in [9.17, 15) is 9.90 Å². The van der Waals surface area contributed by atoms with Crippen molar-refractivity contribution >= 4 is 17.4 Å². The van der Waals surface area contributed by atoms with Crippen LogP contribution in [-0.2, 0) is 4.74 Å². The summed E-state index contributed by atoms with van der Waals surface area (Å²) in [7, 11) is 0. The quantitative estimate of drug-likeness (QED) is 0.783. The lowest BCUT2D eigenvalue weighted by Crippen LogP contribution is -2.50. The summed E-state index contributed by atoms with van der Waals surface area (Å²) >= 11 is 1.65. The second-order valence-electron chi connectivity index (χ2n) is 7.05. The first-order valence-electron chi connectivity index (χ1n) is 8.22. The van der Waals surface area contributed by atoms with Gasteiger partial charge in [-0.05, 0) is 47.6 Å². The summed E-state index contributed by atoms with van der Waals surface area (Å²) < 4.78 is 5.95. The normalized spacial score (nSPS) is 22.2. The highest BCUT2D eigenvalue weighted by Gasteiger charge is 2.29. The van der Waals surface area contributed by atoms with Crippen LogP contribution in [0.4, 0.5) is 4.79 Å². The van der Waals surface area contributed by atoms with Crippen molar-refractivity contribution in [1.29, 1.82) is 0 Å². The van der Waals surface area contributed by atoms with Crippen molar-refractivity contribution in [3.8, 4) is 0 Å². The molecule has 5 nitrogen and oxygen atoms in total. The molecule has 0 unspecified atom stereocenters. The van der Waals surface area contributed by atoms with Gasteiger partial charge in [-0.3, -0.25) is 0 Å². The Hall–Kier alpha value is -1.11. The minimum absolute atomic E-state index is 0.0258. The summed E-state index contributed by atoms with van der Waals surface area (Å²) in [4.78, 5) is 14.2. The fraction of sp³-hybridized carbons (Fsp3) is 0.706. The van der Waals surface area contributed by atoms with E-state index < -0.39 is 0 Å². The number of morpholine rings is 1. The van der Waals surface area contributed by atoms with Crippen molar-refractivity contribution in [1.82, 2.24) is 10.2 Å². The third kappa shape index (κ3) is 5.48. The van der Waals surface area contributed by atoms with Crippen LogP contribution < -0.4 is 5.32 Å². The lowest BCUT2D eigenvalue weighted by molar-refractivity contribution is -0.0654. The van der Waals surface area contributed by atoms with Crippen LogP contribution >= 0.6 is 11.3 Å². The molecule has 23 heavy (non-hydrogen) atoms. The molecule has 2 N–H and O–H groups in total. The van der Waals surface area contributed by atoms with Crippen LogP contribution in [0.25, 0.3) is 0 Å². The topological polar surface area (TPSA) is 61.8 Å². The first-order valence-corrected chi connectivity index (χ1v) is 9.17. The highest BCUT2D eigenvalue weighted by Crippen LogP contribution is 2.26. The van der Waals surface area contributed by atoms with Gasteiger partial charge in [0.1, 0.15) is 6.10 Å². The van der Waals surface area contributed by atoms with Crippen LogP contribution in [0.3, 0.4) is 0 Å². The molecule has 1 aromatic rings. The van der Waals surface area contributed by atoms with Gasteiger partial charge in [0.05, 0.1) is 12.6 Å². The maximum absolute atomic E-state index is 12.4. The number of carbonyl (C=O) groups is 1. The first kappa shape index (κ1) is 18.2. The average molecular weight is 340 g/mol. The molecule has 0 radical (unpaired) electrons. The van der Waals surface area contributed by atoms with Gasteiger partial charge in [0.2, 0.25) is 0 Å². The maximum atomic E-state index is 12.4. The lowest BCUT2D eigenvalue weighted by atomic mass is 9.89. The Balaban J connectivity index is 1.79. The summed E-state index contributed by atoms with van der Waals surface area (Å²) in [5, 5.41) is 16.3. The largest absolute Gasteiger partial charge is 0.396 e. The zero-order valence-corrected chi connectivity index (χ0v) is 15.1. The van der Waals surface area contributed by atoms with Crippen LogP contribution in [0.2, 0.25) is 0 Å². The molecule has 1 aliphatic rings. The molecular formula is C17H28N2O3S. The first-order chi connectivity index (χ1) is 10.9. The highest BCUT2D eigenvalue weighted by molar-refractivity contribution is 7.07. The summed E-state index contributed by atoms with van der Waals surface area (Å²) in [5.41, 5.74) is 1.06. The molecule has 1 aliphatic heterocycles. The van der Waals surface area contributed by atoms with Crippen LogP contribution in [0, 0.1) is 5.41 Å². The number of nitrogens with zero attached hydrogens (tertiary/aromatic N) is 1. The Labute approximate surface area is 142 Å². The van der Waals surface area contributed by atoms with Crippen molar-refractivity contribution < 1.29 is 14.6 Å². The van der Waals surface area contributed by atoms with E-state index in [0.717, 1.165) is 18.4 Å². The minimum atomic E-state index is -0.0811. The van der Waals surface area contributed by atoms with Gasteiger partial charge in [-0.1, -0.05) is 13.8 Å². The zero-order valence-electron chi connectivity index (χ0n) is 14.2. The van der Waals surface area contributed by atoms with Crippen molar-refractivity contribution in [3.05, 3.63) is 22.4 Å². The molecule has 1 saturated heterocycles. The fourth-order valence-electron chi connectivity index (χ4n) is 2.71. The zero-order chi connectivity index (χ0) is 16.9. The van der Waals surface area contributed by atoms with E-state index in [1.165, 1.54) is 0 Å². The predicted molar refractivity (Wildman–Crippen MR) is 92.7 cm³/mol. The molecule has 2 rings (SSSR count). The standard InChI is InChI=1S/C17H28N2O3S/c1-13-9-19(10-15(22-13)14-5-8-23-11-14)16(21)18-7-4-6-17(2,3)12-20/h5,8,11,13,15,20H,4,6-7,9-10,12H2,1-3H3,(H,18,21)/t13-,15+/m1/s1. The molecule has 0 aromatic carbocycles. The predicted octanol–water partition coefficient (Wildman–Crippen LogP) is 3.02. The number of ether oxygens (including phenoxy) is 1. The van der Waals surface area contributed by atoms with E-state index in [1.54, 1.807) is 11.3 Å². The minimum Gasteiger partial charge on any atom is -0.396 e. The molecule has 0 saturated carbocycles. The summed E-state index contributed by atoms with van der Waals surface area (Å²) in [6.45, 7) is 8.08. The molecule has 2 heterocycles. The van der Waals surface area contributed by atoms with Crippen molar-refractivity contribution in [2.24, 2.45) is 5.41 Å². The smallest absolute Gasteiger partial charge is 0.317 e. The number of urea groups is 1. The number of hydrogen-bond acceptors (Lipinski definition) is 4. The molecule has 2 atom stereocenters. The van der Waals surface area contributed by atoms with Crippen molar-refractivity contribution in [3.63, 3.8) is 0 Å². The lowest BCUT2D eigenvalue weighted by Gasteiger charge is -2.36. The molecule has 1 fully saturated rings. The number of amides is 2. The van der Waals surface area contributed by atoms with Gasteiger partial charge < -0.3 is 20.1 Å². The van der Waals surface area contributed by atoms with Crippen LogP contribution in [0.1, 0.15) is 45.3 Å². The number of nitrogens with one attached hydrogen (secondary N) is 1. The second kappa shape index (κ2) is 8.13. The fourth-order valence-corrected chi connectivity index (χ4v) is 3.41. The summed E-state index contributed by atoms with van der Waals surface area (Å²) in [6, 6.07) is 2.03. The number of thiophene rings is 1. The average Bonchev–Trinajstić information content (AvgIpc) is 3.05. The number of carbonyl (C=O) groups excluding carboxylic acids is 1. The third-order valence-electron chi connectivity index (χ3n) is 4.20. The molecule has 0 aliphatic carbocycles. The Bertz CT molecular complexity index is 490. The van der Waals surface area contributed by atoms with Crippen molar-refractivity contribution in [2.75, 3.05) is 26.2 Å². The molecule has 0 bridgehead atoms. The van der Waals surface area contributed by atoms with Gasteiger partial charge >= 0.3 is 6.03 Å². The van der Waals surface area contributed by atoms with Crippen LogP contribution in [0.15, 0.2) is 16.8 Å². The van der Waals surface area contributed by atoms with Crippen LogP contribution in [0.5, 0.6) is 0 Å². The van der Waals surface area contributed by atoms with Gasteiger partial charge in [-0.25, -0.2) is 4.79 Å². The van der Waals surface area contributed by atoms with Gasteiger partial charge in [0.15, 0.2) is 0 Å². The Kier molecular flexibility index (Phi) is 6.44. The Morgan fingerprint density at radius 2 is 2.30 bits per heavy atom. The van der Waals surface area contributed by atoms with E-state index in [1.807, 2.05) is 31.1 Å². The molecule has 2 amide bonds. The Morgan fingerprint density at radius 3 is 2.96 bits per heavy atom. The number of aliphatic hydroxyl groups is 1. The van der Waals surface area contributed by atoms with Crippen molar-refractivity contribution in [2.45, 2.75) is 45.8 Å². The number of aliphatic hydroxyl groups excluding tert-OH is 1. The molecule has 0 spiro atoms. The second-order valence-corrected chi connectivity index (χ2v) is 7.83. The summed E-state index contributed by atoms with van der Waals surface area (Å²) in [6.07, 6.45) is 1.75. The van der Waals surface area contributed by atoms with E-state index in [0.29, 0.717) is 19.6 Å². The van der Waals surface area contributed by atoms with Gasteiger partial charge in [0.25, 0.3) is 0 Å². The Morgan fingerprint density at radius 1 is 1.52 bits per heavy atom. The summed E-state index contributed by atoms with van der Waals surface area (Å²) in [5.74, 6) is 0. The number of rotatable bonds is 6. The van der Waals surface area contributed by atoms with Gasteiger partial charge in [0, 0.05) is 19.7 Å². The van der Waals surface area contributed by atoms with E-state index in [4.69, 9.17) is 4.74 Å². The maximum Gasteiger partial charge on any atom is 0.317 e. The molecule has 1 aromatic heterocycles. The monoisotopic (exact) mass is 340 g/mol.